The molecule has 1 fully saturated rings. The van der Waals surface area contributed by atoms with Crippen molar-refractivity contribution >= 4 is 27.5 Å². The zero-order valence-corrected chi connectivity index (χ0v) is 27.0. The fourth-order valence-electron chi connectivity index (χ4n) is 5.47. The first-order valence-electron chi connectivity index (χ1n) is 15.0. The highest BCUT2D eigenvalue weighted by Crippen LogP contribution is 2.32. The van der Waals surface area contributed by atoms with E-state index in [-0.39, 0.29) is 29.1 Å². The SMILES string of the molecule is COc1ccc(S(=O)(=O)N(CC(=O)N(Cc2ccccc2C)C(C)C(=O)NC2CCCCC2)c2ccc(C)cc2)cc1OC. The van der Waals surface area contributed by atoms with E-state index in [1.165, 1.54) is 37.3 Å². The van der Waals surface area contributed by atoms with Crippen LogP contribution < -0.4 is 19.1 Å². The summed E-state index contributed by atoms with van der Waals surface area (Å²) in [7, 11) is -1.35. The average molecular weight is 622 g/mol. The van der Waals surface area contributed by atoms with Crippen molar-refractivity contribution < 1.29 is 27.5 Å². The number of sulfonamides is 1. The van der Waals surface area contributed by atoms with E-state index in [9.17, 15) is 18.0 Å². The van der Waals surface area contributed by atoms with Crippen LogP contribution in [0.15, 0.2) is 71.6 Å². The van der Waals surface area contributed by atoms with Crippen molar-refractivity contribution in [3.05, 3.63) is 83.4 Å². The molecule has 0 saturated heterocycles. The summed E-state index contributed by atoms with van der Waals surface area (Å²) >= 11 is 0. The van der Waals surface area contributed by atoms with Crippen molar-refractivity contribution in [3.8, 4) is 11.5 Å². The lowest BCUT2D eigenvalue weighted by atomic mass is 9.95. The standard InChI is InChI=1S/C34H43N3O6S/c1-24-15-17-29(18-16-24)37(44(40,41)30-19-20-31(42-4)32(21-30)43-5)23-33(38)36(22-27-12-10-9-11-25(27)2)26(3)34(39)35-28-13-7-6-8-14-28/h9-12,15-21,26,28H,6-8,13-14,22-23H2,1-5H3,(H,35,39). The molecular formula is C34H43N3O6S. The molecule has 236 valence electrons. The number of hydrogen-bond acceptors (Lipinski definition) is 6. The van der Waals surface area contributed by atoms with Crippen LogP contribution >= 0.6 is 0 Å². The number of amides is 2. The Morgan fingerprint density at radius 2 is 1.57 bits per heavy atom. The summed E-state index contributed by atoms with van der Waals surface area (Å²) in [5, 5.41) is 3.13. The van der Waals surface area contributed by atoms with Crippen molar-refractivity contribution in [1.82, 2.24) is 10.2 Å². The van der Waals surface area contributed by atoms with Gasteiger partial charge in [-0.15, -0.1) is 0 Å². The Balaban J connectivity index is 1.71. The number of carbonyl (C=O) groups excluding carboxylic acids is 2. The second-order valence-electron chi connectivity index (χ2n) is 11.3. The average Bonchev–Trinajstić information content (AvgIpc) is 3.03. The maximum Gasteiger partial charge on any atom is 0.264 e. The van der Waals surface area contributed by atoms with E-state index in [0.29, 0.717) is 11.4 Å². The fourth-order valence-corrected chi connectivity index (χ4v) is 6.90. The molecule has 0 heterocycles. The number of hydrogen-bond donors (Lipinski definition) is 1. The van der Waals surface area contributed by atoms with Gasteiger partial charge in [0.15, 0.2) is 11.5 Å². The molecule has 9 nitrogen and oxygen atoms in total. The largest absolute Gasteiger partial charge is 0.493 e. The van der Waals surface area contributed by atoms with Crippen molar-refractivity contribution in [1.29, 1.82) is 0 Å². The lowest BCUT2D eigenvalue weighted by Gasteiger charge is -2.33. The number of methoxy groups -OCH3 is 2. The number of aryl methyl sites for hydroxylation is 2. The molecule has 0 radical (unpaired) electrons. The van der Waals surface area contributed by atoms with Gasteiger partial charge in [-0.3, -0.25) is 13.9 Å². The summed E-state index contributed by atoms with van der Waals surface area (Å²) < 4.78 is 40.2. The van der Waals surface area contributed by atoms with Crippen LogP contribution in [0.2, 0.25) is 0 Å². The van der Waals surface area contributed by atoms with Crippen molar-refractivity contribution in [2.24, 2.45) is 0 Å². The number of rotatable bonds is 12. The Kier molecular flexibility index (Phi) is 10.9. The van der Waals surface area contributed by atoms with Crippen LogP contribution in [0, 0.1) is 13.8 Å². The maximum absolute atomic E-state index is 14.2. The minimum absolute atomic E-state index is 0.0583. The number of nitrogens with one attached hydrogen (secondary N) is 1. The van der Waals surface area contributed by atoms with Crippen LogP contribution in [0.4, 0.5) is 5.69 Å². The van der Waals surface area contributed by atoms with Gasteiger partial charge in [-0.05, 0) is 69.0 Å². The van der Waals surface area contributed by atoms with Crippen molar-refractivity contribution in [2.75, 3.05) is 25.1 Å². The predicted molar refractivity (Wildman–Crippen MR) is 171 cm³/mol. The molecule has 1 aliphatic carbocycles. The molecular weight excluding hydrogens is 578 g/mol. The summed E-state index contributed by atoms with van der Waals surface area (Å²) in [5.41, 5.74) is 3.12. The van der Waals surface area contributed by atoms with Gasteiger partial charge in [-0.2, -0.15) is 0 Å². The van der Waals surface area contributed by atoms with E-state index < -0.39 is 28.5 Å². The molecule has 0 bridgehead atoms. The van der Waals surface area contributed by atoms with Crippen LogP contribution in [0.3, 0.4) is 0 Å². The van der Waals surface area contributed by atoms with E-state index in [2.05, 4.69) is 5.32 Å². The van der Waals surface area contributed by atoms with E-state index in [1.54, 1.807) is 31.2 Å². The Labute approximate surface area is 261 Å². The highest BCUT2D eigenvalue weighted by molar-refractivity contribution is 7.92. The van der Waals surface area contributed by atoms with Gasteiger partial charge in [-0.25, -0.2) is 8.42 Å². The van der Waals surface area contributed by atoms with Gasteiger partial charge < -0.3 is 19.7 Å². The van der Waals surface area contributed by atoms with Gasteiger partial charge in [0.2, 0.25) is 11.8 Å². The molecule has 3 aromatic rings. The molecule has 4 rings (SSSR count). The molecule has 1 saturated carbocycles. The van der Waals surface area contributed by atoms with Gasteiger partial charge in [0, 0.05) is 18.7 Å². The zero-order valence-electron chi connectivity index (χ0n) is 26.2. The minimum atomic E-state index is -4.25. The van der Waals surface area contributed by atoms with Crippen LogP contribution in [0.25, 0.3) is 0 Å². The third kappa shape index (κ3) is 7.72. The molecule has 1 atom stereocenters. The summed E-state index contributed by atoms with van der Waals surface area (Å²) in [5.74, 6) is -0.114. The Morgan fingerprint density at radius 1 is 0.909 bits per heavy atom. The van der Waals surface area contributed by atoms with E-state index >= 15 is 0 Å². The molecule has 1 N–H and O–H groups in total. The number of carbonyl (C=O) groups is 2. The molecule has 10 heteroatoms. The molecule has 0 aromatic heterocycles. The van der Waals surface area contributed by atoms with Crippen molar-refractivity contribution in [3.63, 3.8) is 0 Å². The smallest absolute Gasteiger partial charge is 0.264 e. The first-order chi connectivity index (χ1) is 21.0. The monoisotopic (exact) mass is 621 g/mol. The Bertz CT molecular complexity index is 1550. The summed E-state index contributed by atoms with van der Waals surface area (Å²) in [6.45, 7) is 5.20. The molecule has 1 aliphatic rings. The molecule has 0 aliphatic heterocycles. The normalized spacial score (nSPS) is 14.4. The van der Waals surface area contributed by atoms with E-state index in [0.717, 1.165) is 53.1 Å². The molecule has 1 unspecified atom stereocenters. The fraction of sp³-hybridized carbons (Fsp3) is 0.412. The molecule has 2 amide bonds. The molecule has 44 heavy (non-hydrogen) atoms. The first-order valence-corrected chi connectivity index (χ1v) is 16.4. The van der Waals surface area contributed by atoms with Gasteiger partial charge in [0.1, 0.15) is 12.6 Å². The summed E-state index contributed by atoms with van der Waals surface area (Å²) in [6, 6.07) is 18.2. The number of ether oxygens (including phenoxy) is 2. The Hall–Kier alpha value is -4.05. The van der Waals surface area contributed by atoms with Crippen molar-refractivity contribution in [2.45, 2.75) is 76.4 Å². The number of benzene rings is 3. The second kappa shape index (κ2) is 14.6. The van der Waals surface area contributed by atoms with Gasteiger partial charge in [0.05, 0.1) is 24.8 Å². The topological polar surface area (TPSA) is 105 Å². The highest BCUT2D eigenvalue weighted by Gasteiger charge is 2.34. The quantitative estimate of drug-likeness (QED) is 0.291. The lowest BCUT2D eigenvalue weighted by molar-refractivity contribution is -0.139. The van der Waals surface area contributed by atoms with E-state index in [1.807, 2.05) is 38.1 Å². The van der Waals surface area contributed by atoms with Gasteiger partial charge >= 0.3 is 0 Å². The third-order valence-corrected chi connectivity index (χ3v) is 10.0. The van der Waals surface area contributed by atoms with Crippen LogP contribution in [-0.2, 0) is 26.2 Å². The molecule has 3 aromatic carbocycles. The summed E-state index contributed by atoms with van der Waals surface area (Å²) in [6.07, 6.45) is 5.10. The predicted octanol–water partition coefficient (Wildman–Crippen LogP) is 5.38. The lowest BCUT2D eigenvalue weighted by Crippen LogP contribution is -2.53. The first kappa shape index (κ1) is 32.9. The highest BCUT2D eigenvalue weighted by atomic mass is 32.2. The van der Waals surface area contributed by atoms with Gasteiger partial charge in [-0.1, -0.05) is 61.2 Å². The number of nitrogens with zero attached hydrogens (tertiary/aromatic N) is 2. The zero-order chi connectivity index (χ0) is 31.9. The van der Waals surface area contributed by atoms with Crippen LogP contribution in [0.1, 0.15) is 55.7 Å². The van der Waals surface area contributed by atoms with Crippen LogP contribution in [0.5, 0.6) is 11.5 Å². The van der Waals surface area contributed by atoms with E-state index in [4.69, 9.17) is 9.47 Å². The Morgan fingerprint density at radius 3 is 2.20 bits per heavy atom. The van der Waals surface area contributed by atoms with Crippen LogP contribution in [-0.4, -0.2) is 58.0 Å². The summed E-state index contributed by atoms with van der Waals surface area (Å²) in [4.78, 5) is 29.2. The maximum atomic E-state index is 14.2. The molecule has 0 spiro atoms. The minimum Gasteiger partial charge on any atom is -0.493 e. The van der Waals surface area contributed by atoms with Gasteiger partial charge in [0.25, 0.3) is 10.0 Å². The number of anilines is 1. The third-order valence-electron chi connectivity index (χ3n) is 8.26. The second-order valence-corrected chi connectivity index (χ2v) is 13.2.